The number of fused-ring (bicyclic) bond motifs is 1. The molecule has 1 aliphatic heterocycles. The lowest BCUT2D eigenvalue weighted by molar-refractivity contribution is 0.279. The number of rotatable bonds is 2. The van der Waals surface area contributed by atoms with Gasteiger partial charge < -0.3 is 4.90 Å². The average molecular weight is 361 g/mol. The van der Waals surface area contributed by atoms with E-state index in [0.717, 1.165) is 37.9 Å². The third-order valence-corrected chi connectivity index (χ3v) is 5.18. The van der Waals surface area contributed by atoms with Crippen LogP contribution in [0, 0.1) is 11.2 Å². The fraction of sp³-hybridized carbons (Fsp3) is 0.412. The van der Waals surface area contributed by atoms with Gasteiger partial charge in [-0.1, -0.05) is 25.4 Å². The number of anilines is 1. The lowest BCUT2D eigenvalue weighted by Gasteiger charge is -2.37. The van der Waals surface area contributed by atoms with Crippen LogP contribution in [-0.4, -0.2) is 38.2 Å². The summed E-state index contributed by atoms with van der Waals surface area (Å²) in [6.07, 6.45) is 6.53. The molecular formula is C17H18ClFN6. The van der Waals surface area contributed by atoms with Gasteiger partial charge in [0.1, 0.15) is 11.3 Å². The minimum atomic E-state index is -0.581. The third kappa shape index (κ3) is 2.93. The second-order valence-electron chi connectivity index (χ2n) is 7.13. The number of aromatic nitrogens is 5. The maximum Gasteiger partial charge on any atom is 0.202 e. The second kappa shape index (κ2) is 5.91. The quantitative estimate of drug-likeness (QED) is 0.752. The van der Waals surface area contributed by atoms with Crippen LogP contribution in [0.4, 0.5) is 10.2 Å². The smallest absolute Gasteiger partial charge is 0.202 e. The minimum absolute atomic E-state index is 0.00955. The number of piperidine rings is 1. The molecule has 130 valence electrons. The van der Waals surface area contributed by atoms with E-state index < -0.39 is 5.82 Å². The van der Waals surface area contributed by atoms with Gasteiger partial charge in [0.25, 0.3) is 0 Å². The molecule has 0 unspecified atom stereocenters. The van der Waals surface area contributed by atoms with Gasteiger partial charge in [-0.3, -0.25) is 10.1 Å². The topological polar surface area (TPSA) is 70.6 Å². The minimum Gasteiger partial charge on any atom is -0.355 e. The molecule has 0 bridgehead atoms. The lowest BCUT2D eigenvalue weighted by Crippen LogP contribution is -2.37. The van der Waals surface area contributed by atoms with Crippen LogP contribution in [0.15, 0.2) is 18.6 Å². The van der Waals surface area contributed by atoms with Crippen molar-refractivity contribution in [2.75, 3.05) is 18.0 Å². The Morgan fingerprint density at radius 1 is 1.20 bits per heavy atom. The van der Waals surface area contributed by atoms with Crippen LogP contribution in [0.2, 0.25) is 5.02 Å². The van der Waals surface area contributed by atoms with Gasteiger partial charge in [-0.25, -0.2) is 14.4 Å². The number of hydrogen-bond donors (Lipinski definition) is 1. The molecule has 0 radical (unpaired) electrons. The molecule has 1 N–H and O–H groups in total. The van der Waals surface area contributed by atoms with Gasteiger partial charge >= 0.3 is 0 Å². The zero-order valence-corrected chi connectivity index (χ0v) is 14.8. The van der Waals surface area contributed by atoms with Gasteiger partial charge in [0.05, 0.1) is 23.1 Å². The maximum absolute atomic E-state index is 13.7. The molecule has 0 amide bonds. The SMILES string of the molecule is CC1(C)CCN(c2cnc3c(-c4cncc(F)c4Cl)[nH]nc3n2)CC1. The predicted octanol–water partition coefficient (Wildman–Crippen LogP) is 3.83. The predicted molar refractivity (Wildman–Crippen MR) is 95.1 cm³/mol. The van der Waals surface area contributed by atoms with Crippen molar-refractivity contribution in [3.8, 4) is 11.3 Å². The average Bonchev–Trinajstić information content (AvgIpc) is 3.00. The highest BCUT2D eigenvalue weighted by molar-refractivity contribution is 6.33. The van der Waals surface area contributed by atoms with E-state index in [1.807, 2.05) is 0 Å². The lowest BCUT2D eigenvalue weighted by atomic mass is 9.83. The van der Waals surface area contributed by atoms with Crippen LogP contribution in [-0.2, 0) is 0 Å². The normalized spacial score (nSPS) is 17.2. The van der Waals surface area contributed by atoms with Crippen LogP contribution in [0.5, 0.6) is 0 Å². The van der Waals surface area contributed by atoms with Gasteiger partial charge in [-0.15, -0.1) is 0 Å². The number of H-pyrrole nitrogens is 1. The highest BCUT2D eigenvalue weighted by atomic mass is 35.5. The molecule has 6 nitrogen and oxygen atoms in total. The Morgan fingerprint density at radius 3 is 2.72 bits per heavy atom. The number of halogens is 2. The van der Waals surface area contributed by atoms with E-state index in [0.29, 0.717) is 27.8 Å². The first-order valence-electron chi connectivity index (χ1n) is 8.20. The molecule has 0 aliphatic carbocycles. The van der Waals surface area contributed by atoms with Crippen molar-refractivity contribution in [2.24, 2.45) is 5.41 Å². The van der Waals surface area contributed by atoms with Crippen molar-refractivity contribution in [2.45, 2.75) is 26.7 Å². The molecule has 4 heterocycles. The monoisotopic (exact) mass is 360 g/mol. The molecule has 3 aromatic rings. The Hall–Kier alpha value is -2.28. The van der Waals surface area contributed by atoms with Crippen LogP contribution in [0.1, 0.15) is 26.7 Å². The van der Waals surface area contributed by atoms with Crippen LogP contribution in [0.25, 0.3) is 22.4 Å². The van der Waals surface area contributed by atoms with Crippen molar-refractivity contribution in [3.63, 3.8) is 0 Å². The van der Waals surface area contributed by atoms with Crippen molar-refractivity contribution >= 4 is 28.6 Å². The summed E-state index contributed by atoms with van der Waals surface area (Å²) in [6, 6.07) is 0. The summed E-state index contributed by atoms with van der Waals surface area (Å²) in [5.74, 6) is 0.229. The number of pyridine rings is 1. The number of aromatic amines is 1. The first kappa shape index (κ1) is 16.2. The fourth-order valence-corrected chi connectivity index (χ4v) is 3.25. The Labute approximate surface area is 149 Å². The maximum atomic E-state index is 13.7. The van der Waals surface area contributed by atoms with E-state index in [4.69, 9.17) is 11.6 Å². The van der Waals surface area contributed by atoms with Crippen LogP contribution in [0.3, 0.4) is 0 Å². The molecule has 0 spiro atoms. The summed E-state index contributed by atoms with van der Waals surface area (Å²) >= 11 is 6.05. The summed E-state index contributed by atoms with van der Waals surface area (Å²) in [5, 5.41) is 7.06. The first-order valence-corrected chi connectivity index (χ1v) is 8.58. The van der Waals surface area contributed by atoms with Crippen molar-refractivity contribution < 1.29 is 4.39 Å². The van der Waals surface area contributed by atoms with Crippen molar-refractivity contribution in [1.29, 1.82) is 0 Å². The first-order chi connectivity index (χ1) is 11.9. The molecule has 1 aliphatic rings. The zero-order chi connectivity index (χ0) is 17.6. The van der Waals surface area contributed by atoms with E-state index in [9.17, 15) is 4.39 Å². The van der Waals surface area contributed by atoms with Gasteiger partial charge in [-0.2, -0.15) is 5.10 Å². The van der Waals surface area contributed by atoms with E-state index in [2.05, 4.69) is 43.9 Å². The number of hydrogen-bond acceptors (Lipinski definition) is 5. The van der Waals surface area contributed by atoms with Crippen molar-refractivity contribution in [1.82, 2.24) is 25.1 Å². The second-order valence-corrected chi connectivity index (χ2v) is 7.51. The van der Waals surface area contributed by atoms with E-state index in [-0.39, 0.29) is 5.02 Å². The number of nitrogens with one attached hydrogen (secondary N) is 1. The summed E-state index contributed by atoms with van der Waals surface area (Å²) in [6.45, 7) is 6.47. The Morgan fingerprint density at radius 2 is 1.96 bits per heavy atom. The largest absolute Gasteiger partial charge is 0.355 e. The highest BCUT2D eigenvalue weighted by Gasteiger charge is 2.26. The van der Waals surface area contributed by atoms with Gasteiger partial charge in [0.15, 0.2) is 5.82 Å². The Bertz CT molecular complexity index is 928. The van der Waals surface area contributed by atoms with Gasteiger partial charge in [0, 0.05) is 24.8 Å². The Kier molecular flexibility index (Phi) is 3.83. The molecule has 4 rings (SSSR count). The molecule has 3 aromatic heterocycles. The molecule has 0 aromatic carbocycles. The molecule has 1 saturated heterocycles. The van der Waals surface area contributed by atoms with Gasteiger partial charge in [-0.05, 0) is 18.3 Å². The van der Waals surface area contributed by atoms with Crippen molar-refractivity contribution in [3.05, 3.63) is 29.4 Å². The molecule has 8 heteroatoms. The third-order valence-electron chi connectivity index (χ3n) is 4.80. The standard InChI is InChI=1S/C17H18ClFN6/c1-17(2)3-5-25(6-4-17)12-9-21-15-14(23-24-16(15)22-12)10-7-20-8-11(19)13(10)18/h7-9H,3-6H2,1-2H3,(H,22,23,24). The molecule has 0 atom stereocenters. The van der Waals surface area contributed by atoms with E-state index >= 15 is 0 Å². The fourth-order valence-electron chi connectivity index (χ4n) is 3.06. The number of nitrogens with zero attached hydrogens (tertiary/aromatic N) is 5. The van der Waals surface area contributed by atoms with E-state index in [1.165, 1.54) is 6.20 Å². The molecule has 25 heavy (non-hydrogen) atoms. The summed E-state index contributed by atoms with van der Waals surface area (Å²) in [5.41, 5.74) is 2.35. The Balaban J connectivity index is 1.69. The zero-order valence-electron chi connectivity index (χ0n) is 14.1. The summed E-state index contributed by atoms with van der Waals surface area (Å²) in [4.78, 5) is 15.2. The molecule has 0 saturated carbocycles. The van der Waals surface area contributed by atoms with Gasteiger partial charge in [0.2, 0.25) is 5.65 Å². The summed E-state index contributed by atoms with van der Waals surface area (Å²) < 4.78 is 13.7. The van der Waals surface area contributed by atoms with E-state index in [1.54, 1.807) is 6.20 Å². The summed E-state index contributed by atoms with van der Waals surface area (Å²) in [7, 11) is 0. The van der Waals surface area contributed by atoms with Crippen LogP contribution >= 0.6 is 11.6 Å². The highest BCUT2D eigenvalue weighted by Crippen LogP contribution is 2.33. The van der Waals surface area contributed by atoms with Crippen LogP contribution < -0.4 is 4.90 Å². The molecule has 1 fully saturated rings. The molecular weight excluding hydrogens is 343 g/mol.